The highest BCUT2D eigenvalue weighted by Crippen LogP contribution is 2.20. The molecule has 2 atom stereocenters. The predicted octanol–water partition coefficient (Wildman–Crippen LogP) is 3.08. The summed E-state index contributed by atoms with van der Waals surface area (Å²) in [7, 11) is -1.29. The Labute approximate surface area is 103 Å². The van der Waals surface area contributed by atoms with Crippen LogP contribution in [0.3, 0.4) is 0 Å². The van der Waals surface area contributed by atoms with Gasteiger partial charge in [-0.25, -0.2) is 17.7 Å². The summed E-state index contributed by atoms with van der Waals surface area (Å²) in [4.78, 5) is 0. The number of nitrogens with one attached hydrogen (secondary N) is 1. The summed E-state index contributed by atoms with van der Waals surface area (Å²) in [6.07, 6.45) is 0. The first-order valence-electron chi connectivity index (χ1n) is 5.35. The molecule has 0 heterocycles. The van der Waals surface area contributed by atoms with Crippen LogP contribution in [0, 0.1) is 11.6 Å². The van der Waals surface area contributed by atoms with E-state index in [2.05, 4.69) is 4.72 Å². The van der Waals surface area contributed by atoms with E-state index in [0.29, 0.717) is 5.56 Å². The second-order valence-electron chi connectivity index (χ2n) is 4.89. The van der Waals surface area contributed by atoms with Crippen LogP contribution in [0.15, 0.2) is 18.2 Å². The van der Waals surface area contributed by atoms with E-state index in [1.807, 2.05) is 20.8 Å². The number of benzene rings is 1. The summed E-state index contributed by atoms with van der Waals surface area (Å²) >= 11 is 0. The lowest BCUT2D eigenvalue weighted by molar-refractivity contribution is 0.551. The molecule has 1 aromatic rings. The third-order valence-corrected chi connectivity index (χ3v) is 3.95. The van der Waals surface area contributed by atoms with E-state index in [4.69, 9.17) is 0 Å². The first-order valence-corrected chi connectivity index (χ1v) is 6.50. The van der Waals surface area contributed by atoms with Gasteiger partial charge < -0.3 is 0 Å². The fourth-order valence-electron chi connectivity index (χ4n) is 1.25. The fraction of sp³-hybridized carbons (Fsp3) is 0.500. The number of hydrogen-bond acceptors (Lipinski definition) is 1. The maximum atomic E-state index is 13.5. The minimum absolute atomic E-state index is 0.309. The Balaban J connectivity index is 2.84. The Morgan fingerprint density at radius 1 is 1.29 bits per heavy atom. The molecule has 0 spiro atoms. The number of halogens is 2. The fourth-order valence-corrected chi connectivity index (χ4v) is 2.06. The highest BCUT2D eigenvalue weighted by Gasteiger charge is 2.22. The molecule has 0 bridgehead atoms. The molecule has 0 saturated carbocycles. The van der Waals surface area contributed by atoms with Gasteiger partial charge in [0, 0.05) is 17.7 Å². The molecular formula is C12H17F2NOS. The summed E-state index contributed by atoms with van der Waals surface area (Å²) < 4.78 is 40.4. The molecule has 0 aromatic heterocycles. The smallest absolute Gasteiger partial charge is 0.130 e. The van der Waals surface area contributed by atoms with Crippen LogP contribution in [-0.2, 0) is 11.0 Å². The molecule has 1 N–H and O–H groups in total. The quantitative estimate of drug-likeness (QED) is 0.890. The highest BCUT2D eigenvalue weighted by molar-refractivity contribution is 7.84. The largest absolute Gasteiger partial charge is 0.242 e. The van der Waals surface area contributed by atoms with Gasteiger partial charge in [-0.1, -0.05) is 6.07 Å². The van der Waals surface area contributed by atoms with E-state index in [-0.39, 0.29) is 0 Å². The molecule has 2 nitrogen and oxygen atoms in total. The van der Waals surface area contributed by atoms with Gasteiger partial charge in [-0.3, -0.25) is 0 Å². The van der Waals surface area contributed by atoms with Crippen LogP contribution in [0.1, 0.15) is 39.3 Å². The lowest BCUT2D eigenvalue weighted by atomic mass is 10.1. The lowest BCUT2D eigenvalue weighted by Crippen LogP contribution is -2.35. The van der Waals surface area contributed by atoms with Gasteiger partial charge in [0.15, 0.2) is 0 Å². The van der Waals surface area contributed by atoms with Crippen LogP contribution in [0.25, 0.3) is 0 Å². The molecule has 0 aliphatic heterocycles. The average Bonchev–Trinajstić information content (AvgIpc) is 2.15. The summed E-state index contributed by atoms with van der Waals surface area (Å²) in [5.41, 5.74) is 0.309. The van der Waals surface area contributed by atoms with Gasteiger partial charge in [-0.05, 0) is 33.8 Å². The second kappa shape index (κ2) is 5.23. The van der Waals surface area contributed by atoms with Crippen LogP contribution < -0.4 is 4.72 Å². The number of rotatable bonds is 3. The Hall–Kier alpha value is -0.810. The zero-order valence-corrected chi connectivity index (χ0v) is 11.2. The van der Waals surface area contributed by atoms with Gasteiger partial charge in [0.1, 0.15) is 11.6 Å². The molecule has 0 saturated heterocycles. The third-order valence-electron chi connectivity index (χ3n) is 2.27. The lowest BCUT2D eigenvalue weighted by Gasteiger charge is -2.22. The average molecular weight is 261 g/mol. The summed E-state index contributed by atoms with van der Waals surface area (Å²) in [6, 6.07) is 2.95. The van der Waals surface area contributed by atoms with Gasteiger partial charge in [-0.15, -0.1) is 0 Å². The van der Waals surface area contributed by atoms with Crippen molar-refractivity contribution in [1.29, 1.82) is 0 Å². The van der Waals surface area contributed by atoms with Crippen molar-refractivity contribution < 1.29 is 13.0 Å². The molecule has 5 heteroatoms. The standard InChI is InChI=1S/C12H17F2NOS/c1-8(15-17(16)12(2,3)4)10-6-5-9(13)7-11(10)14/h5-8,15H,1-4H3/t8-,17?/m0/s1. The molecule has 0 fully saturated rings. The highest BCUT2D eigenvalue weighted by atomic mass is 32.2. The van der Waals surface area contributed by atoms with Gasteiger partial charge >= 0.3 is 0 Å². The van der Waals surface area contributed by atoms with Crippen LogP contribution in [0.4, 0.5) is 8.78 Å². The van der Waals surface area contributed by atoms with Crippen LogP contribution >= 0.6 is 0 Å². The summed E-state index contributed by atoms with van der Waals surface area (Å²) in [6.45, 7) is 7.16. The molecule has 1 unspecified atom stereocenters. The molecule has 1 aromatic carbocycles. The zero-order valence-electron chi connectivity index (χ0n) is 10.4. The van der Waals surface area contributed by atoms with Crippen molar-refractivity contribution in [3.05, 3.63) is 35.4 Å². The van der Waals surface area contributed by atoms with Crippen molar-refractivity contribution in [2.24, 2.45) is 0 Å². The Kier molecular flexibility index (Phi) is 4.38. The van der Waals surface area contributed by atoms with Crippen molar-refractivity contribution in [3.8, 4) is 0 Å². The second-order valence-corrected chi connectivity index (χ2v) is 6.88. The maximum Gasteiger partial charge on any atom is 0.130 e. The minimum atomic E-state index is -1.29. The van der Waals surface area contributed by atoms with E-state index in [1.165, 1.54) is 12.1 Å². The van der Waals surface area contributed by atoms with Crippen LogP contribution in [0.5, 0.6) is 0 Å². The van der Waals surface area contributed by atoms with Gasteiger partial charge in [0.05, 0.1) is 15.7 Å². The van der Waals surface area contributed by atoms with Crippen molar-refractivity contribution in [2.75, 3.05) is 0 Å². The molecule has 0 aliphatic carbocycles. The van der Waals surface area contributed by atoms with E-state index in [1.54, 1.807) is 6.92 Å². The van der Waals surface area contributed by atoms with E-state index in [0.717, 1.165) is 6.07 Å². The van der Waals surface area contributed by atoms with Crippen molar-refractivity contribution in [3.63, 3.8) is 0 Å². The molecule has 1 rings (SSSR count). The minimum Gasteiger partial charge on any atom is -0.242 e. The monoisotopic (exact) mass is 261 g/mol. The first kappa shape index (κ1) is 14.3. The molecule has 0 aliphatic rings. The van der Waals surface area contributed by atoms with Crippen LogP contribution in [-0.4, -0.2) is 8.96 Å². The van der Waals surface area contributed by atoms with Crippen molar-refractivity contribution >= 4 is 11.0 Å². The zero-order chi connectivity index (χ0) is 13.2. The maximum absolute atomic E-state index is 13.5. The topological polar surface area (TPSA) is 29.1 Å². The predicted molar refractivity (Wildman–Crippen MR) is 65.8 cm³/mol. The Morgan fingerprint density at radius 2 is 1.88 bits per heavy atom. The van der Waals surface area contributed by atoms with Gasteiger partial charge in [0.25, 0.3) is 0 Å². The SMILES string of the molecule is C[C@H](NS(=O)C(C)(C)C)c1ccc(F)cc1F. The summed E-state index contributed by atoms with van der Waals surface area (Å²) in [5, 5.41) is 0. The van der Waals surface area contributed by atoms with Crippen LogP contribution in [0.2, 0.25) is 0 Å². The third kappa shape index (κ3) is 3.85. The van der Waals surface area contributed by atoms with E-state index in [9.17, 15) is 13.0 Å². The molecule has 96 valence electrons. The molecular weight excluding hydrogens is 244 g/mol. The van der Waals surface area contributed by atoms with Gasteiger partial charge in [0.2, 0.25) is 0 Å². The van der Waals surface area contributed by atoms with E-state index < -0.39 is 33.4 Å². The summed E-state index contributed by atoms with van der Waals surface area (Å²) in [5.74, 6) is -1.24. The Morgan fingerprint density at radius 3 is 2.35 bits per heavy atom. The van der Waals surface area contributed by atoms with E-state index >= 15 is 0 Å². The first-order chi connectivity index (χ1) is 7.71. The molecule has 0 radical (unpaired) electrons. The molecule has 0 amide bonds. The number of hydrogen-bond donors (Lipinski definition) is 1. The van der Waals surface area contributed by atoms with Crippen molar-refractivity contribution in [1.82, 2.24) is 4.72 Å². The normalized spacial score (nSPS) is 15.6. The van der Waals surface area contributed by atoms with Gasteiger partial charge in [-0.2, -0.15) is 0 Å². The molecule has 17 heavy (non-hydrogen) atoms. The Bertz CT molecular complexity index is 429. The van der Waals surface area contributed by atoms with Crippen molar-refractivity contribution in [2.45, 2.75) is 38.5 Å².